The molecule has 23 heavy (non-hydrogen) atoms. The van der Waals surface area contributed by atoms with Crippen LogP contribution in [0.2, 0.25) is 0 Å². The van der Waals surface area contributed by atoms with Gasteiger partial charge in [0.05, 0.1) is 5.71 Å². The molecule has 1 aromatic carbocycles. The molecule has 0 spiro atoms. The Morgan fingerprint density at radius 3 is 2.96 bits per heavy atom. The van der Waals surface area contributed by atoms with Crippen molar-refractivity contribution in [1.82, 2.24) is 5.43 Å². The van der Waals surface area contributed by atoms with Crippen LogP contribution in [0.3, 0.4) is 0 Å². The van der Waals surface area contributed by atoms with E-state index in [0.717, 1.165) is 29.6 Å². The number of benzene rings is 1. The summed E-state index contributed by atoms with van der Waals surface area (Å²) in [6.07, 6.45) is 4.74. The Hall–Kier alpha value is -1.59. The molecule has 0 saturated heterocycles. The van der Waals surface area contributed by atoms with E-state index >= 15 is 0 Å². The van der Waals surface area contributed by atoms with Gasteiger partial charge < -0.3 is 0 Å². The molecule has 5 heteroatoms. The molecule has 0 fully saturated rings. The quantitative estimate of drug-likeness (QED) is 0.916. The van der Waals surface area contributed by atoms with Crippen LogP contribution < -0.4 is 5.43 Å². The Morgan fingerprint density at radius 2 is 2.13 bits per heavy atom. The topological polar surface area (TPSA) is 36.8 Å². The molecular weight excluding hydrogens is 322 g/mol. The molecule has 0 bridgehead atoms. The molecule has 1 aromatic heterocycles. The molecule has 4 rings (SSSR count). The number of fused-ring (bicyclic) bond motifs is 1. The zero-order chi connectivity index (χ0) is 15.5. The van der Waals surface area contributed by atoms with Crippen molar-refractivity contribution in [3.8, 4) is 0 Å². The smallest absolute Gasteiger partial charge is 0.177 e. The van der Waals surface area contributed by atoms with Crippen molar-refractivity contribution in [3.05, 3.63) is 57.3 Å². The molecule has 1 N–H and O–H groups in total. The third-order valence-electron chi connectivity index (χ3n) is 4.26. The first kappa shape index (κ1) is 15.0. The van der Waals surface area contributed by atoms with Crippen LogP contribution in [0.5, 0.6) is 0 Å². The van der Waals surface area contributed by atoms with Gasteiger partial charge in [0, 0.05) is 23.6 Å². The molecule has 1 aliphatic heterocycles. The van der Waals surface area contributed by atoms with E-state index in [0.29, 0.717) is 0 Å². The second-order valence-electron chi connectivity index (χ2n) is 5.81. The van der Waals surface area contributed by atoms with E-state index < -0.39 is 0 Å². The lowest BCUT2D eigenvalue weighted by Crippen LogP contribution is -2.25. The van der Waals surface area contributed by atoms with Crippen molar-refractivity contribution >= 4 is 34.0 Å². The highest BCUT2D eigenvalue weighted by Gasteiger charge is 2.16. The number of nitrogens with one attached hydrogen (secondary N) is 1. The highest BCUT2D eigenvalue weighted by molar-refractivity contribution is 8.14. The van der Waals surface area contributed by atoms with E-state index in [1.165, 1.54) is 40.8 Å². The summed E-state index contributed by atoms with van der Waals surface area (Å²) in [7, 11) is 0. The molecule has 0 amide bonds. The van der Waals surface area contributed by atoms with Gasteiger partial charge in [-0.2, -0.15) is 5.10 Å². The Morgan fingerprint density at radius 1 is 1.17 bits per heavy atom. The first-order valence-corrected chi connectivity index (χ1v) is 9.89. The minimum absolute atomic E-state index is 0.819. The fraction of sp³-hybridized carbons (Fsp3) is 0.333. The van der Waals surface area contributed by atoms with Gasteiger partial charge in [-0.3, -0.25) is 10.4 Å². The number of rotatable bonds is 4. The third-order valence-corrected chi connectivity index (χ3v) is 6.11. The van der Waals surface area contributed by atoms with E-state index in [4.69, 9.17) is 0 Å². The van der Waals surface area contributed by atoms with Crippen LogP contribution in [0.25, 0.3) is 0 Å². The van der Waals surface area contributed by atoms with Gasteiger partial charge in [0.15, 0.2) is 5.17 Å². The monoisotopic (exact) mass is 341 g/mol. The predicted molar refractivity (Wildman–Crippen MR) is 101 cm³/mol. The average Bonchev–Trinajstić information content (AvgIpc) is 3.26. The van der Waals surface area contributed by atoms with Crippen LogP contribution in [0.1, 0.15) is 28.0 Å². The Labute approximate surface area is 144 Å². The highest BCUT2D eigenvalue weighted by atomic mass is 32.2. The van der Waals surface area contributed by atoms with Crippen LogP contribution in [0, 0.1) is 0 Å². The zero-order valence-electron chi connectivity index (χ0n) is 12.9. The molecule has 0 atom stereocenters. The van der Waals surface area contributed by atoms with Crippen molar-refractivity contribution in [2.45, 2.75) is 25.7 Å². The maximum atomic E-state index is 4.61. The summed E-state index contributed by atoms with van der Waals surface area (Å²) in [6.45, 7) is 0.819. The average molecular weight is 342 g/mol. The minimum atomic E-state index is 0.819. The fourth-order valence-electron chi connectivity index (χ4n) is 3.02. The number of hydrazone groups is 1. The van der Waals surface area contributed by atoms with E-state index in [2.05, 4.69) is 51.2 Å². The van der Waals surface area contributed by atoms with Crippen LogP contribution in [-0.2, 0) is 19.3 Å². The summed E-state index contributed by atoms with van der Waals surface area (Å²) >= 11 is 3.54. The molecule has 2 heterocycles. The number of nitrogens with zero attached hydrogens (tertiary/aromatic N) is 2. The lowest BCUT2D eigenvalue weighted by molar-refractivity contribution is 0.911. The summed E-state index contributed by atoms with van der Waals surface area (Å²) in [6, 6.07) is 11.1. The molecule has 2 aromatic rings. The van der Waals surface area contributed by atoms with Gasteiger partial charge in [0.2, 0.25) is 0 Å². The predicted octanol–water partition coefficient (Wildman–Crippen LogP) is 3.88. The fourth-order valence-corrected chi connectivity index (χ4v) is 4.51. The lowest BCUT2D eigenvalue weighted by Gasteiger charge is -2.15. The summed E-state index contributed by atoms with van der Waals surface area (Å²) in [4.78, 5) is 6.00. The molecule has 0 saturated carbocycles. The first-order chi connectivity index (χ1) is 11.4. The summed E-state index contributed by atoms with van der Waals surface area (Å²) in [5.41, 5.74) is 8.52. The van der Waals surface area contributed by atoms with Crippen molar-refractivity contribution in [2.75, 3.05) is 12.3 Å². The van der Waals surface area contributed by atoms with Gasteiger partial charge >= 0.3 is 0 Å². The van der Waals surface area contributed by atoms with Crippen LogP contribution in [0.4, 0.5) is 0 Å². The summed E-state index contributed by atoms with van der Waals surface area (Å²) in [5.74, 6) is 0.892. The summed E-state index contributed by atoms with van der Waals surface area (Å²) < 4.78 is 0. The summed E-state index contributed by atoms with van der Waals surface area (Å²) in [5, 5.41) is 7.59. The number of hydrogen-bond acceptors (Lipinski definition) is 4. The molecule has 2 aliphatic rings. The van der Waals surface area contributed by atoms with Crippen molar-refractivity contribution < 1.29 is 0 Å². The van der Waals surface area contributed by atoms with E-state index in [1.54, 1.807) is 23.1 Å². The van der Waals surface area contributed by atoms with E-state index in [-0.39, 0.29) is 0 Å². The molecule has 118 valence electrons. The maximum absolute atomic E-state index is 4.61. The largest absolute Gasteiger partial charge is 0.261 e. The van der Waals surface area contributed by atoms with Crippen LogP contribution in [-0.4, -0.2) is 23.2 Å². The molecule has 0 unspecified atom stereocenters. The molecule has 3 nitrogen and oxygen atoms in total. The van der Waals surface area contributed by atoms with Gasteiger partial charge in [0.1, 0.15) is 0 Å². The van der Waals surface area contributed by atoms with Gasteiger partial charge in [-0.05, 0) is 53.5 Å². The number of aliphatic imine (C=N–C) groups is 1. The number of aryl methyl sites for hydroxylation is 2. The lowest BCUT2D eigenvalue weighted by atomic mass is 10.0. The number of thiophene rings is 1. The first-order valence-electron chi connectivity index (χ1n) is 8.03. The second-order valence-corrected chi connectivity index (χ2v) is 7.81. The van der Waals surface area contributed by atoms with Crippen molar-refractivity contribution in [1.29, 1.82) is 0 Å². The molecular formula is C18H19N3S2. The molecule has 0 radical (unpaired) electrons. The Bertz CT molecular complexity index is 748. The minimum Gasteiger partial charge on any atom is -0.261 e. The van der Waals surface area contributed by atoms with Crippen LogP contribution >= 0.6 is 23.1 Å². The van der Waals surface area contributed by atoms with Gasteiger partial charge in [0.25, 0.3) is 0 Å². The van der Waals surface area contributed by atoms with Gasteiger partial charge in [-0.1, -0.05) is 30.0 Å². The Balaban J connectivity index is 1.38. The highest BCUT2D eigenvalue weighted by Crippen LogP contribution is 2.24. The number of thioether (sulfide) groups is 1. The van der Waals surface area contributed by atoms with Gasteiger partial charge in [-0.15, -0.1) is 11.3 Å². The van der Waals surface area contributed by atoms with Gasteiger partial charge in [-0.25, -0.2) is 0 Å². The van der Waals surface area contributed by atoms with Crippen molar-refractivity contribution in [3.63, 3.8) is 0 Å². The number of hydrogen-bond donors (Lipinski definition) is 1. The molecule has 1 aliphatic carbocycles. The maximum Gasteiger partial charge on any atom is 0.177 e. The standard InChI is InChI=1S/C18H19N3S2/c1-3-13-6-7-15(11-14(13)4-1)17-12-23-18(21-20-17)19-9-8-16-5-2-10-22-16/h2,5-7,10-11H,1,3-4,8-9,12H2,(H,19,21). The van der Waals surface area contributed by atoms with Crippen molar-refractivity contribution in [2.24, 2.45) is 10.1 Å². The normalized spacial score (nSPS) is 18.6. The number of amidine groups is 1. The second kappa shape index (κ2) is 6.89. The SMILES string of the molecule is c1csc(CCN=C2NN=C(c3ccc4c(c3)CCC4)CS2)c1. The van der Waals surface area contributed by atoms with E-state index in [1.807, 2.05) is 0 Å². The Kier molecular flexibility index (Phi) is 4.48. The zero-order valence-corrected chi connectivity index (χ0v) is 14.6. The third kappa shape index (κ3) is 3.51. The van der Waals surface area contributed by atoms with Crippen LogP contribution in [0.15, 0.2) is 45.8 Å². The van der Waals surface area contributed by atoms with E-state index in [9.17, 15) is 0 Å².